The highest BCUT2D eigenvalue weighted by atomic mass is 79.9. The quantitative estimate of drug-likeness (QED) is 0.946. The highest BCUT2D eigenvalue weighted by Crippen LogP contribution is 2.24. The van der Waals surface area contributed by atoms with Crippen LogP contribution in [0.2, 0.25) is 5.02 Å². The van der Waals surface area contributed by atoms with Crippen LogP contribution in [0.3, 0.4) is 0 Å². The van der Waals surface area contributed by atoms with Crippen LogP contribution in [-0.4, -0.2) is 20.1 Å². The minimum atomic E-state index is -0.588. The highest BCUT2D eigenvalue weighted by molar-refractivity contribution is 9.10. The first kappa shape index (κ1) is 12.5. The summed E-state index contributed by atoms with van der Waals surface area (Å²) in [6.45, 7) is 1.88. The van der Waals surface area contributed by atoms with E-state index in [0.717, 1.165) is 10.2 Å². The van der Waals surface area contributed by atoms with Gasteiger partial charge in [0.05, 0.1) is 23.0 Å². The first-order chi connectivity index (χ1) is 8.11. The summed E-state index contributed by atoms with van der Waals surface area (Å²) in [5.41, 5.74) is 1.27. The molecule has 0 amide bonds. The van der Waals surface area contributed by atoms with E-state index in [1.54, 1.807) is 16.9 Å². The molecule has 0 saturated carbocycles. The lowest BCUT2D eigenvalue weighted by Crippen LogP contribution is -1.96. The van der Waals surface area contributed by atoms with Crippen molar-refractivity contribution in [3.05, 3.63) is 39.6 Å². The van der Waals surface area contributed by atoms with Crippen LogP contribution in [0.25, 0.3) is 5.69 Å². The van der Waals surface area contributed by atoms with Crippen LogP contribution in [-0.2, 0) is 0 Å². The van der Waals surface area contributed by atoms with E-state index in [1.165, 1.54) is 0 Å². The van der Waals surface area contributed by atoms with Crippen molar-refractivity contribution in [1.29, 1.82) is 0 Å². The average molecular weight is 317 g/mol. The Balaban J connectivity index is 2.40. The number of nitrogens with zero attached hydrogens (tertiary/aromatic N) is 3. The Morgan fingerprint density at radius 3 is 3.00 bits per heavy atom. The largest absolute Gasteiger partial charge is 0.387 e. The summed E-state index contributed by atoms with van der Waals surface area (Å²) in [6, 6.07) is 5.47. The van der Waals surface area contributed by atoms with E-state index >= 15 is 0 Å². The second-order valence-corrected chi connectivity index (χ2v) is 4.93. The molecule has 0 aliphatic heterocycles. The van der Waals surface area contributed by atoms with E-state index in [9.17, 15) is 5.11 Å². The molecular weight excluding hydrogens is 305 g/mol. The Morgan fingerprint density at radius 2 is 2.29 bits per heavy atom. The maximum Gasteiger partial charge on any atom is 0.112 e. The van der Waals surface area contributed by atoms with Crippen molar-refractivity contribution in [2.45, 2.75) is 19.4 Å². The van der Waals surface area contributed by atoms with Crippen LogP contribution >= 0.6 is 27.5 Å². The predicted octanol–water partition coefficient (Wildman–Crippen LogP) is 3.13. The number of aromatic nitrogens is 3. The lowest BCUT2D eigenvalue weighted by atomic mass is 10.2. The van der Waals surface area contributed by atoms with Crippen LogP contribution < -0.4 is 0 Å². The van der Waals surface area contributed by atoms with Gasteiger partial charge in [-0.3, -0.25) is 0 Å². The number of benzene rings is 1. The number of aliphatic hydroxyl groups is 1. The van der Waals surface area contributed by atoms with Crippen molar-refractivity contribution < 1.29 is 5.11 Å². The fourth-order valence-electron chi connectivity index (χ4n) is 1.42. The van der Waals surface area contributed by atoms with Gasteiger partial charge in [-0.15, -0.1) is 5.10 Å². The fourth-order valence-corrected chi connectivity index (χ4v) is 1.97. The standard InChI is InChI=1S/C11H11BrClN3O/c1-2-11(17)9-6-16(15-14-9)10-5-7(12)3-4-8(10)13/h3-6,11,17H,2H2,1H3. The van der Waals surface area contributed by atoms with Gasteiger partial charge in [0.1, 0.15) is 5.69 Å². The van der Waals surface area contributed by atoms with Gasteiger partial charge < -0.3 is 5.11 Å². The van der Waals surface area contributed by atoms with E-state index in [-0.39, 0.29) is 0 Å². The Labute approximate surface area is 112 Å². The first-order valence-corrected chi connectivity index (χ1v) is 6.34. The second-order valence-electron chi connectivity index (χ2n) is 3.61. The zero-order valence-corrected chi connectivity index (χ0v) is 11.5. The predicted molar refractivity (Wildman–Crippen MR) is 69.3 cm³/mol. The lowest BCUT2D eigenvalue weighted by Gasteiger charge is -2.04. The van der Waals surface area contributed by atoms with Crippen LogP contribution in [0.4, 0.5) is 0 Å². The van der Waals surface area contributed by atoms with Gasteiger partial charge in [-0.05, 0) is 24.6 Å². The minimum Gasteiger partial charge on any atom is -0.387 e. The molecule has 2 aromatic rings. The van der Waals surface area contributed by atoms with Crippen LogP contribution in [0.5, 0.6) is 0 Å². The van der Waals surface area contributed by atoms with Gasteiger partial charge in [0, 0.05) is 4.47 Å². The van der Waals surface area contributed by atoms with Gasteiger partial charge in [0.15, 0.2) is 0 Å². The molecule has 0 bridgehead atoms. The molecule has 0 saturated heterocycles. The summed E-state index contributed by atoms with van der Waals surface area (Å²) in [6.07, 6.45) is 1.70. The summed E-state index contributed by atoms with van der Waals surface area (Å²) >= 11 is 9.45. The molecule has 4 nitrogen and oxygen atoms in total. The molecule has 0 radical (unpaired) electrons. The number of aliphatic hydroxyl groups excluding tert-OH is 1. The summed E-state index contributed by atoms with van der Waals surface area (Å²) in [4.78, 5) is 0. The van der Waals surface area contributed by atoms with Gasteiger partial charge in [-0.1, -0.05) is 39.7 Å². The Kier molecular flexibility index (Phi) is 3.81. The Bertz CT molecular complexity index is 529. The molecule has 17 heavy (non-hydrogen) atoms. The summed E-state index contributed by atoms with van der Waals surface area (Å²) in [5.74, 6) is 0. The Morgan fingerprint density at radius 1 is 1.53 bits per heavy atom. The Hall–Kier alpha value is -0.910. The van der Waals surface area contributed by atoms with E-state index in [1.807, 2.05) is 19.1 Å². The SMILES string of the molecule is CCC(O)c1cn(-c2cc(Br)ccc2Cl)nn1. The minimum absolute atomic E-state index is 0.545. The molecule has 6 heteroatoms. The van der Waals surface area contributed by atoms with Crippen LogP contribution in [0.1, 0.15) is 25.1 Å². The van der Waals surface area contributed by atoms with Crippen LogP contribution in [0.15, 0.2) is 28.9 Å². The molecule has 1 atom stereocenters. The highest BCUT2D eigenvalue weighted by Gasteiger charge is 2.12. The number of halogens is 2. The molecule has 1 N–H and O–H groups in total. The van der Waals surface area contributed by atoms with E-state index in [0.29, 0.717) is 17.1 Å². The van der Waals surface area contributed by atoms with Crippen LogP contribution in [0, 0.1) is 0 Å². The van der Waals surface area contributed by atoms with Crippen molar-refractivity contribution in [2.75, 3.05) is 0 Å². The molecule has 2 rings (SSSR count). The fraction of sp³-hybridized carbons (Fsp3) is 0.273. The van der Waals surface area contributed by atoms with Gasteiger partial charge in [-0.25, -0.2) is 4.68 Å². The molecule has 1 heterocycles. The number of rotatable bonds is 3. The number of hydrogen-bond donors (Lipinski definition) is 1. The molecule has 1 aromatic heterocycles. The third-order valence-electron chi connectivity index (χ3n) is 2.39. The second kappa shape index (κ2) is 5.16. The van der Waals surface area contributed by atoms with Gasteiger partial charge in [0.25, 0.3) is 0 Å². The van der Waals surface area contributed by atoms with Crippen molar-refractivity contribution in [3.8, 4) is 5.69 Å². The van der Waals surface area contributed by atoms with Crippen molar-refractivity contribution in [3.63, 3.8) is 0 Å². The molecule has 1 aromatic carbocycles. The maximum absolute atomic E-state index is 9.66. The summed E-state index contributed by atoms with van der Waals surface area (Å²) < 4.78 is 2.46. The molecular formula is C11H11BrClN3O. The van der Waals surface area contributed by atoms with Gasteiger partial charge in [-0.2, -0.15) is 0 Å². The zero-order valence-electron chi connectivity index (χ0n) is 9.14. The molecule has 0 aliphatic carbocycles. The third kappa shape index (κ3) is 2.68. The smallest absolute Gasteiger partial charge is 0.112 e. The number of hydrogen-bond acceptors (Lipinski definition) is 3. The molecule has 0 aliphatic rings. The summed E-state index contributed by atoms with van der Waals surface area (Å²) in [7, 11) is 0. The van der Waals surface area contributed by atoms with Gasteiger partial charge in [0.2, 0.25) is 0 Å². The van der Waals surface area contributed by atoms with E-state index in [4.69, 9.17) is 11.6 Å². The van der Waals surface area contributed by atoms with Crippen molar-refractivity contribution in [1.82, 2.24) is 15.0 Å². The van der Waals surface area contributed by atoms with E-state index < -0.39 is 6.10 Å². The van der Waals surface area contributed by atoms with E-state index in [2.05, 4.69) is 26.2 Å². The molecule has 0 spiro atoms. The molecule has 90 valence electrons. The zero-order chi connectivity index (χ0) is 12.4. The summed E-state index contributed by atoms with van der Waals surface area (Å²) in [5, 5.41) is 18.1. The van der Waals surface area contributed by atoms with Crippen molar-refractivity contribution >= 4 is 27.5 Å². The molecule has 1 unspecified atom stereocenters. The lowest BCUT2D eigenvalue weighted by molar-refractivity contribution is 0.169. The first-order valence-electron chi connectivity index (χ1n) is 5.17. The third-order valence-corrected chi connectivity index (χ3v) is 3.21. The topological polar surface area (TPSA) is 50.9 Å². The molecule has 0 fully saturated rings. The normalized spacial score (nSPS) is 12.7. The maximum atomic E-state index is 9.66. The van der Waals surface area contributed by atoms with Crippen molar-refractivity contribution in [2.24, 2.45) is 0 Å². The average Bonchev–Trinajstić information content (AvgIpc) is 2.80. The van der Waals surface area contributed by atoms with Gasteiger partial charge >= 0.3 is 0 Å². The monoisotopic (exact) mass is 315 g/mol.